The molecule has 0 amide bonds. The van der Waals surface area contributed by atoms with Crippen molar-refractivity contribution in [2.24, 2.45) is 0 Å². The lowest BCUT2D eigenvalue weighted by Crippen LogP contribution is -2.04. The van der Waals surface area contributed by atoms with Crippen LogP contribution in [0.3, 0.4) is 0 Å². The van der Waals surface area contributed by atoms with E-state index in [0.29, 0.717) is 18.6 Å². The molecule has 118 valence electrons. The molecule has 0 aliphatic carbocycles. The maximum absolute atomic E-state index is 11.9. The standard InChI is InChI=1S/C19H31NO/c1-3-4-5-6-7-8-9-10-11-12-19(21)15-18-14-13-17(2)16-20-18/h13-14,16H,3-12,15H2,1-2H3. The van der Waals surface area contributed by atoms with Crippen molar-refractivity contribution in [2.45, 2.75) is 84.5 Å². The van der Waals surface area contributed by atoms with Crippen molar-refractivity contribution in [3.63, 3.8) is 0 Å². The van der Waals surface area contributed by atoms with Gasteiger partial charge in [0.2, 0.25) is 0 Å². The third-order valence-corrected chi connectivity index (χ3v) is 3.91. The summed E-state index contributed by atoms with van der Waals surface area (Å²) in [4.78, 5) is 16.2. The van der Waals surface area contributed by atoms with Crippen LogP contribution >= 0.6 is 0 Å². The minimum atomic E-state index is 0.328. The lowest BCUT2D eigenvalue weighted by Gasteiger charge is -2.03. The molecule has 0 bridgehead atoms. The fourth-order valence-electron chi connectivity index (χ4n) is 2.53. The van der Waals surface area contributed by atoms with E-state index >= 15 is 0 Å². The zero-order valence-corrected chi connectivity index (χ0v) is 13.9. The summed E-state index contributed by atoms with van der Waals surface area (Å²) in [6, 6.07) is 3.98. The van der Waals surface area contributed by atoms with E-state index in [2.05, 4.69) is 11.9 Å². The number of unbranched alkanes of at least 4 members (excludes halogenated alkanes) is 8. The van der Waals surface area contributed by atoms with Crippen LogP contribution in [0.15, 0.2) is 18.3 Å². The van der Waals surface area contributed by atoms with Gasteiger partial charge in [-0.15, -0.1) is 0 Å². The summed E-state index contributed by atoms with van der Waals surface area (Å²) in [5.41, 5.74) is 2.05. The number of pyridine rings is 1. The normalized spacial score (nSPS) is 10.8. The summed E-state index contributed by atoms with van der Waals surface area (Å²) < 4.78 is 0. The zero-order chi connectivity index (χ0) is 15.3. The summed E-state index contributed by atoms with van der Waals surface area (Å²) in [7, 11) is 0. The Balaban J connectivity index is 1.97. The van der Waals surface area contributed by atoms with Crippen LogP contribution in [0.25, 0.3) is 0 Å². The molecule has 0 fully saturated rings. The molecule has 1 aromatic rings. The maximum atomic E-state index is 11.9. The summed E-state index contributed by atoms with van der Waals surface area (Å²) in [5.74, 6) is 0.328. The molecule has 0 aliphatic rings. The number of nitrogens with zero attached hydrogens (tertiary/aromatic N) is 1. The Labute approximate surface area is 130 Å². The molecule has 1 aromatic heterocycles. The molecule has 0 saturated carbocycles. The highest BCUT2D eigenvalue weighted by atomic mass is 16.1. The molecular formula is C19H31NO. The highest BCUT2D eigenvalue weighted by Gasteiger charge is 2.04. The van der Waals surface area contributed by atoms with Gasteiger partial charge in [0.05, 0.1) is 0 Å². The van der Waals surface area contributed by atoms with Gasteiger partial charge in [0.1, 0.15) is 5.78 Å². The zero-order valence-electron chi connectivity index (χ0n) is 13.9. The summed E-state index contributed by atoms with van der Waals surface area (Å²) in [6.07, 6.45) is 14.7. The van der Waals surface area contributed by atoms with Crippen LogP contribution in [0, 0.1) is 6.92 Å². The Bertz CT molecular complexity index is 383. The van der Waals surface area contributed by atoms with E-state index in [1.165, 1.54) is 51.4 Å². The maximum Gasteiger partial charge on any atom is 0.138 e. The van der Waals surface area contributed by atoms with Gasteiger partial charge in [-0.05, 0) is 25.0 Å². The quantitative estimate of drug-likeness (QED) is 0.481. The second-order valence-corrected chi connectivity index (χ2v) is 6.12. The molecule has 1 heterocycles. The van der Waals surface area contributed by atoms with Gasteiger partial charge in [0.15, 0.2) is 0 Å². The van der Waals surface area contributed by atoms with E-state index in [-0.39, 0.29) is 0 Å². The third-order valence-electron chi connectivity index (χ3n) is 3.91. The van der Waals surface area contributed by atoms with Gasteiger partial charge in [-0.1, -0.05) is 64.4 Å². The number of aryl methyl sites for hydroxylation is 1. The number of Topliss-reactive ketones (excluding diaryl/α,β-unsaturated/α-hetero) is 1. The number of aromatic nitrogens is 1. The fourth-order valence-corrected chi connectivity index (χ4v) is 2.53. The number of carbonyl (C=O) groups excluding carboxylic acids is 1. The lowest BCUT2D eigenvalue weighted by atomic mass is 10.0. The topological polar surface area (TPSA) is 30.0 Å². The molecule has 1 rings (SSSR count). The molecule has 0 spiro atoms. The molecule has 2 heteroatoms. The molecule has 0 aromatic carbocycles. The minimum absolute atomic E-state index is 0.328. The van der Waals surface area contributed by atoms with Crippen molar-refractivity contribution in [3.8, 4) is 0 Å². The average Bonchev–Trinajstić information content (AvgIpc) is 2.48. The number of hydrogen-bond donors (Lipinski definition) is 0. The number of hydrogen-bond acceptors (Lipinski definition) is 2. The summed E-state index contributed by atoms with van der Waals surface area (Å²) in [5, 5.41) is 0. The number of carbonyl (C=O) groups is 1. The van der Waals surface area contributed by atoms with Crippen molar-refractivity contribution < 1.29 is 4.79 Å². The highest BCUT2D eigenvalue weighted by Crippen LogP contribution is 2.11. The van der Waals surface area contributed by atoms with E-state index in [0.717, 1.165) is 17.7 Å². The Kier molecular flexibility index (Phi) is 9.77. The summed E-state index contributed by atoms with van der Waals surface area (Å²) >= 11 is 0. The molecule has 0 atom stereocenters. The van der Waals surface area contributed by atoms with Crippen molar-refractivity contribution in [1.29, 1.82) is 0 Å². The molecule has 0 N–H and O–H groups in total. The highest BCUT2D eigenvalue weighted by molar-refractivity contribution is 5.80. The second-order valence-electron chi connectivity index (χ2n) is 6.12. The summed E-state index contributed by atoms with van der Waals surface area (Å²) in [6.45, 7) is 4.27. The molecular weight excluding hydrogens is 258 g/mol. The molecule has 0 unspecified atom stereocenters. The van der Waals surface area contributed by atoms with Gasteiger partial charge in [0.25, 0.3) is 0 Å². The number of rotatable bonds is 12. The Morgan fingerprint density at radius 1 is 0.952 bits per heavy atom. The first-order valence-electron chi connectivity index (χ1n) is 8.65. The molecule has 0 radical (unpaired) electrons. The number of ketones is 1. The lowest BCUT2D eigenvalue weighted by molar-refractivity contribution is -0.118. The van der Waals surface area contributed by atoms with Gasteiger partial charge in [-0.3, -0.25) is 9.78 Å². The molecule has 0 aliphatic heterocycles. The minimum Gasteiger partial charge on any atom is -0.299 e. The van der Waals surface area contributed by atoms with Crippen molar-refractivity contribution in [2.75, 3.05) is 0 Å². The van der Waals surface area contributed by atoms with Crippen LogP contribution in [0.2, 0.25) is 0 Å². The van der Waals surface area contributed by atoms with E-state index in [4.69, 9.17) is 0 Å². The predicted molar refractivity (Wildman–Crippen MR) is 89.5 cm³/mol. The van der Waals surface area contributed by atoms with Gasteiger partial charge in [0, 0.05) is 24.7 Å². The first-order valence-corrected chi connectivity index (χ1v) is 8.65. The van der Waals surface area contributed by atoms with Gasteiger partial charge in [-0.25, -0.2) is 0 Å². The van der Waals surface area contributed by atoms with Crippen LogP contribution in [-0.2, 0) is 11.2 Å². The van der Waals surface area contributed by atoms with Crippen LogP contribution < -0.4 is 0 Å². The van der Waals surface area contributed by atoms with Crippen LogP contribution in [-0.4, -0.2) is 10.8 Å². The SMILES string of the molecule is CCCCCCCCCCCC(=O)Cc1ccc(C)cn1. The Morgan fingerprint density at radius 2 is 1.57 bits per heavy atom. The smallest absolute Gasteiger partial charge is 0.138 e. The van der Waals surface area contributed by atoms with Crippen LogP contribution in [0.5, 0.6) is 0 Å². The van der Waals surface area contributed by atoms with E-state index in [9.17, 15) is 4.79 Å². The monoisotopic (exact) mass is 289 g/mol. The first-order chi connectivity index (χ1) is 10.2. The Hall–Kier alpha value is -1.18. The van der Waals surface area contributed by atoms with Gasteiger partial charge in [-0.2, -0.15) is 0 Å². The van der Waals surface area contributed by atoms with Crippen LogP contribution in [0.4, 0.5) is 0 Å². The van der Waals surface area contributed by atoms with Gasteiger partial charge < -0.3 is 0 Å². The molecule has 2 nitrogen and oxygen atoms in total. The van der Waals surface area contributed by atoms with E-state index in [1.54, 1.807) is 0 Å². The van der Waals surface area contributed by atoms with Gasteiger partial charge >= 0.3 is 0 Å². The predicted octanol–water partition coefficient (Wildman–Crippen LogP) is 5.42. The molecule has 21 heavy (non-hydrogen) atoms. The fraction of sp³-hybridized carbons (Fsp3) is 0.684. The van der Waals surface area contributed by atoms with E-state index < -0.39 is 0 Å². The molecule has 0 saturated heterocycles. The largest absolute Gasteiger partial charge is 0.299 e. The van der Waals surface area contributed by atoms with E-state index in [1.807, 2.05) is 25.3 Å². The van der Waals surface area contributed by atoms with Crippen LogP contribution in [0.1, 0.15) is 82.4 Å². The first kappa shape index (κ1) is 17.9. The van der Waals surface area contributed by atoms with Crippen molar-refractivity contribution in [3.05, 3.63) is 29.6 Å². The second kappa shape index (κ2) is 11.5. The average molecular weight is 289 g/mol. The van der Waals surface area contributed by atoms with Crippen molar-refractivity contribution >= 4 is 5.78 Å². The van der Waals surface area contributed by atoms with Crippen molar-refractivity contribution in [1.82, 2.24) is 4.98 Å². The third kappa shape index (κ3) is 9.38. The Morgan fingerprint density at radius 3 is 2.14 bits per heavy atom.